The standard InChI is InChI=1S/C8H13.3CH3.Sn/c1-3-5-7-8-6-4-2;;;;/h1,4,6-8H2,2H3;3*1H3;. The summed E-state index contributed by atoms with van der Waals surface area (Å²) in [6.07, 6.45) is 5.26. The first kappa shape index (κ1) is 12.3. The van der Waals surface area contributed by atoms with E-state index in [0.717, 1.165) is 0 Å². The van der Waals surface area contributed by atoms with Gasteiger partial charge in [-0.25, -0.2) is 0 Å². The van der Waals surface area contributed by atoms with Crippen molar-refractivity contribution < 1.29 is 0 Å². The number of allylic oxidation sites excluding steroid dienone is 1. The molecule has 0 atom stereocenters. The molecule has 0 aromatic heterocycles. The van der Waals surface area contributed by atoms with Crippen molar-refractivity contribution in [2.45, 2.75) is 47.4 Å². The molecule has 0 N–H and O–H groups in total. The molecule has 0 aliphatic heterocycles. The zero-order chi connectivity index (χ0) is 9.61. The fourth-order valence-corrected chi connectivity index (χ4v) is 5.44. The second-order valence-corrected chi connectivity index (χ2v) is 18.9. The summed E-state index contributed by atoms with van der Waals surface area (Å²) >= 11 is -1.79. The Kier molecular flexibility index (Phi) is 6.03. The molecule has 0 unspecified atom stereocenters. The number of hydrogen-bond donors (Lipinski definition) is 0. The predicted molar refractivity (Wildman–Crippen MR) is 60.1 cm³/mol. The summed E-state index contributed by atoms with van der Waals surface area (Å²) in [6.45, 7) is 6.04. The minimum absolute atomic E-state index is 1.26. The zero-order valence-electron chi connectivity index (χ0n) is 9.04. The molecule has 0 nitrogen and oxygen atoms in total. The van der Waals surface area contributed by atoms with Crippen molar-refractivity contribution in [3.05, 3.63) is 15.9 Å². The van der Waals surface area contributed by atoms with Crippen molar-refractivity contribution in [1.29, 1.82) is 0 Å². The number of hydrogen-bond acceptors (Lipinski definition) is 0. The molecule has 0 radical (unpaired) electrons. The third-order valence-corrected chi connectivity index (χ3v) is 8.53. The molecule has 0 aliphatic carbocycles. The summed E-state index contributed by atoms with van der Waals surface area (Å²) in [7, 11) is 0. The van der Waals surface area contributed by atoms with Crippen molar-refractivity contribution in [3.8, 4) is 0 Å². The zero-order valence-corrected chi connectivity index (χ0v) is 11.9. The van der Waals surface area contributed by atoms with Gasteiger partial charge in [0.25, 0.3) is 0 Å². The second-order valence-electron chi connectivity index (χ2n) is 4.36. The Morgan fingerprint density at radius 3 is 2.17 bits per heavy atom. The van der Waals surface area contributed by atoms with Gasteiger partial charge in [-0.2, -0.15) is 0 Å². The molecule has 0 heterocycles. The Labute approximate surface area is 81.6 Å². The van der Waals surface area contributed by atoms with Crippen LogP contribution in [0, 0.1) is 0 Å². The Morgan fingerprint density at radius 2 is 1.83 bits per heavy atom. The van der Waals surface area contributed by atoms with Crippen LogP contribution < -0.4 is 0 Å². The average molecular weight is 273 g/mol. The summed E-state index contributed by atoms with van der Waals surface area (Å²) in [5.74, 6) is 0. The normalized spacial score (nSPS) is 11.0. The maximum absolute atomic E-state index is 3.80. The molecular formula is C11H22Sn. The van der Waals surface area contributed by atoms with Crippen molar-refractivity contribution in [1.82, 2.24) is 0 Å². The molecule has 12 heavy (non-hydrogen) atoms. The van der Waals surface area contributed by atoms with Crippen molar-refractivity contribution >= 4 is 18.4 Å². The Hall–Kier alpha value is 0.319. The topological polar surface area (TPSA) is 0 Å². The van der Waals surface area contributed by atoms with Gasteiger partial charge in [0.15, 0.2) is 0 Å². The number of unbranched alkanes of at least 4 members (excludes halogenated alkanes) is 2. The van der Waals surface area contributed by atoms with Gasteiger partial charge in [-0.05, 0) is 0 Å². The van der Waals surface area contributed by atoms with Crippen LogP contribution in [0.25, 0.3) is 0 Å². The van der Waals surface area contributed by atoms with Crippen LogP contribution in [0.1, 0.15) is 32.6 Å². The van der Waals surface area contributed by atoms with Gasteiger partial charge in [-0.15, -0.1) is 0 Å². The Bertz CT molecular complexity index is 168. The molecule has 0 aliphatic rings. The van der Waals surface area contributed by atoms with Gasteiger partial charge in [0.05, 0.1) is 0 Å². The van der Waals surface area contributed by atoms with Gasteiger partial charge >= 0.3 is 81.7 Å². The van der Waals surface area contributed by atoms with Crippen LogP contribution in [0.3, 0.4) is 0 Å². The van der Waals surface area contributed by atoms with E-state index < -0.39 is 18.4 Å². The molecule has 0 aromatic rings. The van der Waals surface area contributed by atoms with Crippen molar-refractivity contribution in [3.63, 3.8) is 0 Å². The monoisotopic (exact) mass is 274 g/mol. The molecule has 0 saturated carbocycles. The summed E-state index contributed by atoms with van der Waals surface area (Å²) in [4.78, 5) is 7.32. The summed E-state index contributed by atoms with van der Waals surface area (Å²) < 4.78 is 1.58. The van der Waals surface area contributed by atoms with E-state index >= 15 is 0 Å². The predicted octanol–water partition coefficient (Wildman–Crippen LogP) is 4.16. The van der Waals surface area contributed by atoms with Crippen molar-refractivity contribution in [2.75, 3.05) is 0 Å². The fourth-order valence-electron chi connectivity index (χ4n) is 1.28. The quantitative estimate of drug-likeness (QED) is 0.401. The molecule has 0 aromatic carbocycles. The van der Waals surface area contributed by atoms with E-state index in [4.69, 9.17) is 0 Å². The third-order valence-electron chi connectivity index (χ3n) is 2.15. The van der Waals surface area contributed by atoms with Crippen LogP contribution >= 0.6 is 0 Å². The molecule has 0 amide bonds. The third kappa shape index (κ3) is 5.05. The molecular weight excluding hydrogens is 251 g/mol. The Morgan fingerprint density at radius 1 is 1.25 bits per heavy atom. The minimum atomic E-state index is -1.79. The van der Waals surface area contributed by atoms with Crippen molar-refractivity contribution in [2.24, 2.45) is 0 Å². The molecule has 0 bridgehead atoms. The van der Waals surface area contributed by atoms with Gasteiger partial charge < -0.3 is 0 Å². The van der Waals surface area contributed by atoms with Crippen LogP contribution in [0.5, 0.6) is 0 Å². The van der Waals surface area contributed by atoms with E-state index in [1.54, 1.807) is 3.59 Å². The molecule has 70 valence electrons. The van der Waals surface area contributed by atoms with Gasteiger partial charge in [-0.1, -0.05) is 0 Å². The van der Waals surface area contributed by atoms with Crippen LogP contribution in [0.2, 0.25) is 14.8 Å². The maximum atomic E-state index is 3.80. The molecule has 0 rings (SSSR count). The van der Waals surface area contributed by atoms with E-state index in [0.29, 0.717) is 0 Å². The number of rotatable bonds is 5. The SMILES string of the molecule is C=C=[C](CCCCC)[Sn]([CH3])([CH3])[CH3]. The first-order valence-corrected chi connectivity index (χ1v) is 14.9. The second kappa shape index (κ2) is 5.88. The van der Waals surface area contributed by atoms with E-state index in [-0.39, 0.29) is 0 Å². The van der Waals surface area contributed by atoms with Gasteiger partial charge in [0.2, 0.25) is 0 Å². The Balaban J connectivity index is 3.96. The van der Waals surface area contributed by atoms with Crippen LogP contribution in [-0.2, 0) is 0 Å². The molecule has 1 heteroatoms. The van der Waals surface area contributed by atoms with E-state index in [1.165, 1.54) is 25.7 Å². The average Bonchev–Trinajstić information content (AvgIpc) is 1.95. The van der Waals surface area contributed by atoms with Crippen LogP contribution in [0.15, 0.2) is 15.9 Å². The fraction of sp³-hybridized carbons (Fsp3) is 0.727. The molecule has 0 fully saturated rings. The van der Waals surface area contributed by atoms with Crippen LogP contribution in [0.4, 0.5) is 0 Å². The summed E-state index contributed by atoms with van der Waals surface area (Å²) in [5.41, 5.74) is 3.16. The summed E-state index contributed by atoms with van der Waals surface area (Å²) in [5, 5.41) is 0. The van der Waals surface area contributed by atoms with Gasteiger partial charge in [0, 0.05) is 0 Å². The van der Waals surface area contributed by atoms with Crippen LogP contribution in [-0.4, -0.2) is 18.4 Å². The van der Waals surface area contributed by atoms with Gasteiger partial charge in [0.1, 0.15) is 0 Å². The van der Waals surface area contributed by atoms with E-state index in [1.807, 2.05) is 0 Å². The first-order valence-electron chi connectivity index (χ1n) is 4.91. The van der Waals surface area contributed by atoms with E-state index in [2.05, 4.69) is 34.1 Å². The van der Waals surface area contributed by atoms with Gasteiger partial charge in [-0.3, -0.25) is 0 Å². The molecule has 0 saturated heterocycles. The first-order chi connectivity index (χ1) is 5.52. The summed E-state index contributed by atoms with van der Waals surface area (Å²) in [6, 6.07) is 0. The van der Waals surface area contributed by atoms with E-state index in [9.17, 15) is 0 Å². The molecule has 0 spiro atoms.